The molecule has 2 rings (SSSR count). The molecule has 18 heavy (non-hydrogen) atoms. The van der Waals surface area contributed by atoms with Crippen molar-refractivity contribution in [3.05, 3.63) is 57.5 Å². The van der Waals surface area contributed by atoms with Gasteiger partial charge in [-0.2, -0.15) is 0 Å². The van der Waals surface area contributed by atoms with E-state index in [4.69, 9.17) is 11.6 Å². The van der Waals surface area contributed by atoms with Crippen molar-refractivity contribution in [1.29, 1.82) is 0 Å². The van der Waals surface area contributed by atoms with Gasteiger partial charge in [-0.15, -0.1) is 0 Å². The third kappa shape index (κ3) is 2.86. The maximum atomic E-state index is 13.2. The van der Waals surface area contributed by atoms with E-state index in [1.165, 1.54) is 24.4 Å². The van der Waals surface area contributed by atoms with Crippen LogP contribution in [0.5, 0.6) is 0 Å². The number of nitrogens with zero attached hydrogens (tertiary/aromatic N) is 1. The largest absolute Gasteiger partial charge is 0.321 e. The molecular formula is C12H7BrClFN2O. The van der Waals surface area contributed by atoms with Gasteiger partial charge in [0.2, 0.25) is 0 Å². The molecule has 0 aliphatic heterocycles. The number of rotatable bonds is 2. The number of anilines is 1. The molecule has 0 radical (unpaired) electrons. The van der Waals surface area contributed by atoms with Crippen molar-refractivity contribution < 1.29 is 9.18 Å². The lowest BCUT2D eigenvalue weighted by Gasteiger charge is -2.06. The van der Waals surface area contributed by atoms with E-state index < -0.39 is 11.7 Å². The van der Waals surface area contributed by atoms with Gasteiger partial charge in [0.15, 0.2) is 0 Å². The Bertz CT molecular complexity index is 589. The minimum absolute atomic E-state index is 0.0829. The fraction of sp³-hybridized carbons (Fsp3) is 0. The highest BCUT2D eigenvalue weighted by Gasteiger charge is 2.13. The van der Waals surface area contributed by atoms with E-state index in [2.05, 4.69) is 26.2 Å². The summed E-state index contributed by atoms with van der Waals surface area (Å²) in [5, 5.41) is 2.39. The molecular weight excluding hydrogens is 322 g/mol. The van der Waals surface area contributed by atoms with Gasteiger partial charge in [0.1, 0.15) is 10.4 Å². The van der Waals surface area contributed by atoms with E-state index in [9.17, 15) is 9.18 Å². The van der Waals surface area contributed by atoms with Crippen LogP contribution in [0.3, 0.4) is 0 Å². The van der Waals surface area contributed by atoms with E-state index in [1.807, 2.05) is 0 Å². The Morgan fingerprint density at radius 2 is 2.11 bits per heavy atom. The number of amides is 1. The summed E-state index contributed by atoms with van der Waals surface area (Å²) in [5.41, 5.74) is 0.586. The maximum absolute atomic E-state index is 13.2. The molecule has 1 aromatic carbocycles. The number of carbonyl (C=O) groups excluding carboxylic acids is 1. The number of aromatic nitrogens is 1. The quantitative estimate of drug-likeness (QED) is 0.849. The average Bonchev–Trinajstić information content (AvgIpc) is 2.35. The van der Waals surface area contributed by atoms with Gasteiger partial charge in [-0.05, 0) is 40.2 Å². The summed E-state index contributed by atoms with van der Waals surface area (Å²) in [7, 11) is 0. The molecule has 0 aliphatic rings. The highest BCUT2D eigenvalue weighted by atomic mass is 79.9. The van der Waals surface area contributed by atoms with Crippen LogP contribution in [-0.4, -0.2) is 10.9 Å². The smallest absolute Gasteiger partial charge is 0.257 e. The number of halogens is 3. The van der Waals surface area contributed by atoms with Crippen LogP contribution in [0.25, 0.3) is 0 Å². The van der Waals surface area contributed by atoms with Gasteiger partial charge in [-0.25, -0.2) is 9.37 Å². The lowest BCUT2D eigenvalue weighted by Crippen LogP contribution is -2.13. The van der Waals surface area contributed by atoms with Crippen LogP contribution in [-0.2, 0) is 0 Å². The molecule has 3 nitrogen and oxygen atoms in total. The normalized spacial score (nSPS) is 10.2. The Morgan fingerprint density at radius 3 is 2.78 bits per heavy atom. The molecule has 6 heteroatoms. The lowest BCUT2D eigenvalue weighted by atomic mass is 10.2. The summed E-state index contributed by atoms with van der Waals surface area (Å²) in [6.45, 7) is 0. The fourth-order valence-corrected chi connectivity index (χ4v) is 1.77. The number of hydrogen-bond donors (Lipinski definition) is 1. The molecule has 1 N–H and O–H groups in total. The standard InChI is InChI=1S/C12H7BrClFN2O/c13-10-5-4-7(6-16-10)17-12(18)8-2-1-3-9(15)11(8)14/h1-6H,(H,17,18). The second kappa shape index (κ2) is 5.46. The third-order valence-electron chi connectivity index (χ3n) is 2.18. The summed E-state index contributed by atoms with van der Waals surface area (Å²) in [5.74, 6) is -1.11. The van der Waals surface area contributed by atoms with Crippen molar-refractivity contribution in [3.8, 4) is 0 Å². The zero-order valence-electron chi connectivity index (χ0n) is 8.95. The van der Waals surface area contributed by atoms with Gasteiger partial charge < -0.3 is 5.32 Å². The minimum Gasteiger partial charge on any atom is -0.321 e. The monoisotopic (exact) mass is 328 g/mol. The van der Waals surface area contributed by atoms with Crippen LogP contribution < -0.4 is 5.32 Å². The van der Waals surface area contributed by atoms with Crippen molar-refractivity contribution in [3.63, 3.8) is 0 Å². The molecule has 92 valence electrons. The molecule has 0 atom stereocenters. The number of carbonyl (C=O) groups is 1. The molecule has 0 saturated heterocycles. The third-order valence-corrected chi connectivity index (χ3v) is 3.03. The summed E-state index contributed by atoms with van der Waals surface area (Å²) in [6, 6.07) is 7.42. The van der Waals surface area contributed by atoms with Gasteiger partial charge in [0.05, 0.1) is 22.5 Å². The molecule has 1 aromatic heterocycles. The topological polar surface area (TPSA) is 42.0 Å². The molecule has 1 amide bonds. The second-order valence-electron chi connectivity index (χ2n) is 3.43. The number of pyridine rings is 1. The molecule has 0 spiro atoms. The van der Waals surface area contributed by atoms with Crippen LogP contribution in [0, 0.1) is 5.82 Å². The molecule has 1 heterocycles. The van der Waals surface area contributed by atoms with E-state index in [0.717, 1.165) is 0 Å². The zero-order chi connectivity index (χ0) is 13.1. The van der Waals surface area contributed by atoms with Crippen molar-refractivity contribution in [1.82, 2.24) is 4.98 Å². The van der Waals surface area contributed by atoms with E-state index >= 15 is 0 Å². The molecule has 0 fully saturated rings. The Balaban J connectivity index is 2.22. The maximum Gasteiger partial charge on any atom is 0.257 e. The van der Waals surface area contributed by atoms with Crippen molar-refractivity contribution in [2.75, 3.05) is 5.32 Å². The molecule has 0 aliphatic carbocycles. The minimum atomic E-state index is -0.627. The average molecular weight is 330 g/mol. The Hall–Kier alpha value is -1.46. The van der Waals surface area contributed by atoms with Crippen molar-refractivity contribution in [2.45, 2.75) is 0 Å². The number of benzene rings is 1. The van der Waals surface area contributed by atoms with Gasteiger partial charge in [-0.3, -0.25) is 4.79 Å². The Labute approximate surface area is 116 Å². The SMILES string of the molecule is O=C(Nc1ccc(Br)nc1)c1cccc(F)c1Cl. The highest BCUT2D eigenvalue weighted by molar-refractivity contribution is 9.10. The Morgan fingerprint density at radius 1 is 1.33 bits per heavy atom. The number of hydrogen-bond acceptors (Lipinski definition) is 2. The first-order valence-electron chi connectivity index (χ1n) is 4.95. The van der Waals surface area contributed by atoms with Gasteiger partial charge in [-0.1, -0.05) is 17.7 Å². The van der Waals surface area contributed by atoms with Crippen molar-refractivity contribution in [2.24, 2.45) is 0 Å². The second-order valence-corrected chi connectivity index (χ2v) is 4.62. The first-order valence-corrected chi connectivity index (χ1v) is 6.12. The summed E-state index contributed by atoms with van der Waals surface area (Å²) < 4.78 is 13.9. The lowest BCUT2D eigenvalue weighted by molar-refractivity contribution is 0.102. The van der Waals surface area contributed by atoms with E-state index in [1.54, 1.807) is 12.1 Å². The van der Waals surface area contributed by atoms with Crippen LogP contribution in [0.15, 0.2) is 41.1 Å². The first kappa shape index (κ1) is 13.0. The van der Waals surface area contributed by atoms with Gasteiger partial charge in [0, 0.05) is 0 Å². The van der Waals surface area contributed by atoms with Crippen LogP contribution in [0.4, 0.5) is 10.1 Å². The Kier molecular flexibility index (Phi) is 3.93. The zero-order valence-corrected chi connectivity index (χ0v) is 11.3. The van der Waals surface area contributed by atoms with E-state index in [-0.39, 0.29) is 10.6 Å². The molecule has 2 aromatic rings. The predicted molar refractivity (Wildman–Crippen MR) is 71.3 cm³/mol. The summed E-state index contributed by atoms with van der Waals surface area (Å²) in [4.78, 5) is 15.8. The molecule has 0 bridgehead atoms. The molecule has 0 saturated carbocycles. The van der Waals surface area contributed by atoms with Crippen LogP contribution in [0.2, 0.25) is 5.02 Å². The van der Waals surface area contributed by atoms with Gasteiger partial charge in [0.25, 0.3) is 5.91 Å². The first-order chi connectivity index (χ1) is 8.58. The molecule has 0 unspecified atom stereocenters. The van der Waals surface area contributed by atoms with Gasteiger partial charge >= 0.3 is 0 Å². The summed E-state index contributed by atoms with van der Waals surface area (Å²) in [6.07, 6.45) is 1.48. The van der Waals surface area contributed by atoms with Crippen LogP contribution in [0.1, 0.15) is 10.4 Å². The van der Waals surface area contributed by atoms with Crippen LogP contribution >= 0.6 is 27.5 Å². The predicted octanol–water partition coefficient (Wildman–Crippen LogP) is 3.89. The summed E-state index contributed by atoms with van der Waals surface area (Å²) >= 11 is 8.90. The fourth-order valence-electron chi connectivity index (χ4n) is 1.33. The highest BCUT2D eigenvalue weighted by Crippen LogP contribution is 2.21. The number of nitrogens with one attached hydrogen (secondary N) is 1. The van der Waals surface area contributed by atoms with E-state index in [0.29, 0.717) is 10.3 Å². The van der Waals surface area contributed by atoms with Crippen molar-refractivity contribution >= 4 is 39.1 Å².